The maximum absolute atomic E-state index is 9.83. The molecule has 238 valence electrons. The van der Waals surface area contributed by atoms with Crippen molar-refractivity contribution in [1.82, 2.24) is 0 Å². The summed E-state index contributed by atoms with van der Waals surface area (Å²) in [6.07, 6.45) is 1.23. The largest absolute Gasteiger partial charge is 0.748 e. The standard InChI is InChI=1S/C30H43O2SSi2.C4H10O3S/c1-7-34(8-2,9-3)31-26-18-16-22-29(24-26)33(28-20-14-13-15-21-28)30-23-17-19-27(25-30)32-35(10-4,11-5)12-6;1-2-3-4-8(5,6)7/h13-25H,7-12H2,1-6H3;2-4H2,1H3,(H,5,6,7)/q+1;/p-1. The van der Waals surface area contributed by atoms with Gasteiger partial charge in [0.15, 0.2) is 14.7 Å². The molecule has 9 heteroatoms. The Morgan fingerprint density at radius 2 is 1.00 bits per heavy atom. The van der Waals surface area contributed by atoms with Crippen LogP contribution >= 0.6 is 0 Å². The van der Waals surface area contributed by atoms with E-state index in [1.807, 2.05) is 6.92 Å². The van der Waals surface area contributed by atoms with E-state index in [0.717, 1.165) is 54.2 Å². The second-order valence-electron chi connectivity index (χ2n) is 10.9. The molecule has 0 aliphatic carbocycles. The summed E-state index contributed by atoms with van der Waals surface area (Å²) in [5, 5.41) is 0. The van der Waals surface area contributed by atoms with Gasteiger partial charge in [-0.2, -0.15) is 0 Å². The zero-order chi connectivity index (χ0) is 31.9. The van der Waals surface area contributed by atoms with Gasteiger partial charge in [-0.3, -0.25) is 0 Å². The third-order valence-corrected chi connectivity index (χ3v) is 20.4. The van der Waals surface area contributed by atoms with Gasteiger partial charge in [0, 0.05) is 17.9 Å². The molecule has 0 saturated carbocycles. The topological polar surface area (TPSA) is 75.7 Å². The quantitative estimate of drug-likeness (QED) is 0.0868. The molecule has 0 spiro atoms. The molecule has 0 aliphatic rings. The summed E-state index contributed by atoms with van der Waals surface area (Å²) in [5.74, 6) is 1.83. The van der Waals surface area contributed by atoms with Crippen LogP contribution in [0.15, 0.2) is 93.5 Å². The van der Waals surface area contributed by atoms with Crippen molar-refractivity contribution in [2.24, 2.45) is 0 Å². The maximum Gasteiger partial charge on any atom is 0.250 e. The van der Waals surface area contributed by atoms with E-state index in [-0.39, 0.29) is 16.6 Å². The average molecular weight is 661 g/mol. The summed E-state index contributed by atoms with van der Waals surface area (Å²) in [6, 6.07) is 35.4. The van der Waals surface area contributed by atoms with Crippen LogP contribution in [0.25, 0.3) is 0 Å². The lowest BCUT2D eigenvalue weighted by Gasteiger charge is -2.29. The van der Waals surface area contributed by atoms with Gasteiger partial charge in [-0.25, -0.2) is 8.42 Å². The van der Waals surface area contributed by atoms with Crippen molar-refractivity contribution in [2.45, 2.75) is 112 Å². The van der Waals surface area contributed by atoms with E-state index in [9.17, 15) is 13.0 Å². The highest BCUT2D eigenvalue weighted by atomic mass is 32.2. The number of unbranched alkanes of at least 4 members (excludes halogenated alkanes) is 1. The predicted molar refractivity (Wildman–Crippen MR) is 187 cm³/mol. The van der Waals surface area contributed by atoms with E-state index in [1.165, 1.54) is 14.7 Å². The first-order valence-corrected chi connectivity index (χ1v) is 23.7. The first kappa shape index (κ1) is 37.1. The monoisotopic (exact) mass is 660 g/mol. The van der Waals surface area contributed by atoms with Gasteiger partial charge in [0.25, 0.3) is 0 Å². The molecular formula is C34H52O5S2Si2. The molecule has 3 rings (SSSR count). The van der Waals surface area contributed by atoms with Crippen LogP contribution in [-0.4, -0.2) is 35.4 Å². The highest BCUT2D eigenvalue weighted by Crippen LogP contribution is 2.36. The Morgan fingerprint density at radius 1 is 0.605 bits per heavy atom. The third-order valence-electron chi connectivity index (χ3n) is 8.34. The van der Waals surface area contributed by atoms with Crippen molar-refractivity contribution in [1.29, 1.82) is 0 Å². The van der Waals surface area contributed by atoms with Gasteiger partial charge < -0.3 is 13.4 Å². The fourth-order valence-electron chi connectivity index (χ4n) is 5.05. The fourth-order valence-corrected chi connectivity index (χ4v) is 13.0. The van der Waals surface area contributed by atoms with Crippen LogP contribution in [0.5, 0.6) is 11.5 Å². The molecule has 0 aliphatic heterocycles. The normalized spacial score (nSPS) is 12.0. The SMILES string of the molecule is CCCCS(=O)(=O)[O-].CC[Si](CC)(CC)Oc1cccc([S+](c2ccccc2)c2cccc(O[Si](CC)(CC)CC)c2)c1. The minimum Gasteiger partial charge on any atom is -0.748 e. The highest BCUT2D eigenvalue weighted by Gasteiger charge is 2.34. The van der Waals surface area contributed by atoms with Crippen LogP contribution in [-0.2, 0) is 21.0 Å². The Hall–Kier alpha value is -2.05. The summed E-state index contributed by atoms with van der Waals surface area (Å²) in [5.41, 5.74) is 0. The van der Waals surface area contributed by atoms with E-state index >= 15 is 0 Å². The molecule has 0 radical (unpaired) electrons. The first-order chi connectivity index (χ1) is 20.5. The zero-order valence-electron chi connectivity index (χ0n) is 27.2. The van der Waals surface area contributed by atoms with Crippen LogP contribution in [0.2, 0.25) is 36.3 Å². The van der Waals surface area contributed by atoms with Crippen LogP contribution in [0.1, 0.15) is 61.3 Å². The molecule has 3 aromatic rings. The Labute approximate surface area is 266 Å². The minimum absolute atomic E-state index is 0.219. The van der Waals surface area contributed by atoms with Crippen LogP contribution in [0, 0.1) is 0 Å². The summed E-state index contributed by atoms with van der Waals surface area (Å²) >= 11 is 0. The fraction of sp³-hybridized carbons (Fsp3) is 0.471. The molecule has 0 heterocycles. The van der Waals surface area contributed by atoms with E-state index in [0.29, 0.717) is 6.42 Å². The number of benzene rings is 3. The summed E-state index contributed by atoms with van der Waals surface area (Å²) < 4.78 is 43.0. The lowest BCUT2D eigenvalue weighted by molar-refractivity contribution is 0.461. The van der Waals surface area contributed by atoms with E-state index in [2.05, 4.69) is 120 Å². The number of hydrogen-bond acceptors (Lipinski definition) is 5. The number of hydrogen-bond donors (Lipinski definition) is 0. The zero-order valence-corrected chi connectivity index (χ0v) is 30.9. The Balaban J connectivity index is 0.000000708. The van der Waals surface area contributed by atoms with Crippen molar-refractivity contribution >= 4 is 37.6 Å². The van der Waals surface area contributed by atoms with E-state index in [1.54, 1.807) is 0 Å². The molecule has 0 aromatic heterocycles. The second kappa shape index (κ2) is 18.1. The van der Waals surface area contributed by atoms with Crippen LogP contribution in [0.3, 0.4) is 0 Å². The van der Waals surface area contributed by atoms with Gasteiger partial charge in [0.05, 0.1) is 21.0 Å². The van der Waals surface area contributed by atoms with Crippen LogP contribution in [0.4, 0.5) is 0 Å². The minimum atomic E-state index is -3.94. The van der Waals surface area contributed by atoms with Crippen molar-refractivity contribution in [3.8, 4) is 11.5 Å². The first-order valence-electron chi connectivity index (χ1n) is 15.8. The predicted octanol–water partition coefficient (Wildman–Crippen LogP) is 9.88. The lowest BCUT2D eigenvalue weighted by atomic mass is 10.3. The molecule has 43 heavy (non-hydrogen) atoms. The van der Waals surface area contributed by atoms with Crippen molar-refractivity contribution in [3.05, 3.63) is 78.9 Å². The molecule has 0 fully saturated rings. The average Bonchev–Trinajstić information content (AvgIpc) is 3.03. The van der Waals surface area contributed by atoms with Crippen molar-refractivity contribution in [2.75, 3.05) is 5.75 Å². The van der Waals surface area contributed by atoms with Gasteiger partial charge in [-0.05, 0) is 79.1 Å². The molecule has 3 aromatic carbocycles. The van der Waals surface area contributed by atoms with E-state index in [4.69, 9.17) is 8.85 Å². The van der Waals surface area contributed by atoms with Gasteiger partial charge in [0.1, 0.15) is 11.5 Å². The molecule has 0 atom stereocenters. The summed E-state index contributed by atoms with van der Waals surface area (Å²) in [4.78, 5) is 3.90. The Kier molecular flexibility index (Phi) is 15.6. The van der Waals surface area contributed by atoms with Crippen LogP contribution < -0.4 is 8.85 Å². The molecule has 0 bridgehead atoms. The smallest absolute Gasteiger partial charge is 0.250 e. The highest BCUT2D eigenvalue weighted by molar-refractivity contribution is 7.97. The second-order valence-corrected chi connectivity index (χ2v) is 23.8. The van der Waals surface area contributed by atoms with Gasteiger partial charge in [0.2, 0.25) is 16.6 Å². The Bertz CT molecular complexity index is 1250. The number of rotatable bonds is 16. The summed E-state index contributed by atoms with van der Waals surface area (Å²) in [7, 11) is -7.64. The lowest BCUT2D eigenvalue weighted by Crippen LogP contribution is -2.39. The van der Waals surface area contributed by atoms with Gasteiger partial charge in [-0.1, -0.05) is 85.2 Å². The van der Waals surface area contributed by atoms with E-state index < -0.39 is 26.8 Å². The molecule has 0 saturated heterocycles. The maximum atomic E-state index is 9.83. The molecule has 0 amide bonds. The molecule has 0 N–H and O–H groups in total. The van der Waals surface area contributed by atoms with Crippen molar-refractivity contribution < 1.29 is 21.8 Å². The molecule has 0 unspecified atom stereocenters. The molecular weight excluding hydrogens is 609 g/mol. The van der Waals surface area contributed by atoms with Gasteiger partial charge in [-0.15, -0.1) is 0 Å². The van der Waals surface area contributed by atoms with Gasteiger partial charge >= 0.3 is 0 Å². The van der Waals surface area contributed by atoms with Crippen molar-refractivity contribution in [3.63, 3.8) is 0 Å². The third kappa shape index (κ3) is 11.4. The Morgan fingerprint density at radius 3 is 1.33 bits per heavy atom. The summed E-state index contributed by atoms with van der Waals surface area (Å²) in [6.45, 7) is 15.6. The molecule has 5 nitrogen and oxygen atoms in total.